The molecule has 0 unspecified atom stereocenters. The molecule has 0 bridgehead atoms. The van der Waals surface area contributed by atoms with Gasteiger partial charge in [-0.1, -0.05) is 42.5 Å². The Morgan fingerprint density at radius 2 is 1.15 bits per heavy atom. The average molecular weight is 437 g/mol. The summed E-state index contributed by atoms with van der Waals surface area (Å²) in [5.41, 5.74) is 10.4. The normalized spacial score (nSPS) is 12.3. The second kappa shape index (κ2) is 8.21. The molecule has 0 atom stereocenters. The van der Waals surface area contributed by atoms with Gasteiger partial charge in [0.25, 0.3) is 0 Å². The first-order valence-corrected chi connectivity index (χ1v) is 11.1. The molecule has 1 aliphatic rings. The van der Waals surface area contributed by atoms with Crippen LogP contribution in [-0.4, -0.2) is 28.3 Å². The van der Waals surface area contributed by atoms with Gasteiger partial charge in [0.15, 0.2) is 0 Å². The van der Waals surface area contributed by atoms with Crippen LogP contribution in [0.3, 0.4) is 0 Å². The van der Waals surface area contributed by atoms with Gasteiger partial charge in [-0.25, -0.2) is 0 Å². The lowest BCUT2D eigenvalue weighted by Gasteiger charge is -2.38. The lowest BCUT2D eigenvalue weighted by atomic mass is 9.96. The van der Waals surface area contributed by atoms with Crippen LogP contribution in [0.4, 0.5) is 22.7 Å². The van der Waals surface area contributed by atoms with E-state index in [1.54, 1.807) is 14.2 Å². The smallest absolute Gasteiger partial charge is 0.126 e. The average Bonchev–Trinajstić information content (AvgIpc) is 2.86. The highest BCUT2D eigenvalue weighted by Gasteiger charge is 2.27. The SMILES string of the molecule is COc1ccccc1-c1ccc2c(c1)N(C)c1c(C)cc(-c3ccccc3OC)cc1N2C. The standard InChI is InChI=1S/C29H28N2O2/c1-19-16-21(23-11-7-9-13-28(23)33-5)18-26-29(19)31(3)25-17-20(14-15-24(25)30(26)2)22-10-6-8-12-27(22)32-4/h6-18H,1-5H3. The van der Waals surface area contributed by atoms with Crippen LogP contribution < -0.4 is 19.3 Å². The maximum atomic E-state index is 5.63. The quantitative estimate of drug-likeness (QED) is 0.338. The first kappa shape index (κ1) is 21.0. The van der Waals surface area contributed by atoms with Crippen molar-refractivity contribution in [1.29, 1.82) is 0 Å². The zero-order valence-electron chi connectivity index (χ0n) is 19.7. The third-order valence-electron chi connectivity index (χ3n) is 6.51. The highest BCUT2D eigenvalue weighted by molar-refractivity contribution is 5.97. The lowest BCUT2D eigenvalue weighted by Crippen LogP contribution is -2.25. The van der Waals surface area contributed by atoms with Crippen LogP contribution in [0.1, 0.15) is 5.56 Å². The lowest BCUT2D eigenvalue weighted by molar-refractivity contribution is 0.416. The molecule has 4 heteroatoms. The predicted octanol–water partition coefficient (Wildman–Crippen LogP) is 7.20. The third-order valence-corrected chi connectivity index (χ3v) is 6.51. The number of hydrogen-bond acceptors (Lipinski definition) is 4. The zero-order chi connectivity index (χ0) is 23.1. The Morgan fingerprint density at radius 3 is 1.79 bits per heavy atom. The van der Waals surface area contributed by atoms with Crippen molar-refractivity contribution in [3.05, 3.63) is 84.4 Å². The summed E-state index contributed by atoms with van der Waals surface area (Å²) in [5, 5.41) is 0. The largest absolute Gasteiger partial charge is 0.496 e. The van der Waals surface area contributed by atoms with Crippen molar-refractivity contribution in [2.75, 3.05) is 38.1 Å². The molecule has 33 heavy (non-hydrogen) atoms. The van der Waals surface area contributed by atoms with Crippen molar-refractivity contribution in [1.82, 2.24) is 0 Å². The van der Waals surface area contributed by atoms with Gasteiger partial charge < -0.3 is 19.3 Å². The number of rotatable bonds is 4. The molecule has 0 saturated heterocycles. The summed E-state index contributed by atoms with van der Waals surface area (Å²) < 4.78 is 11.2. The first-order chi connectivity index (χ1) is 16.0. The van der Waals surface area contributed by atoms with E-state index in [2.05, 4.69) is 79.3 Å². The molecule has 4 aromatic rings. The topological polar surface area (TPSA) is 24.9 Å². The van der Waals surface area contributed by atoms with Gasteiger partial charge in [0.2, 0.25) is 0 Å². The summed E-state index contributed by atoms with van der Waals surface area (Å²) >= 11 is 0. The Hall–Kier alpha value is -3.92. The molecule has 5 rings (SSSR count). The molecular weight excluding hydrogens is 408 g/mol. The van der Waals surface area contributed by atoms with Crippen LogP contribution in [0.25, 0.3) is 22.3 Å². The Kier molecular flexibility index (Phi) is 5.21. The fourth-order valence-corrected chi connectivity index (χ4v) is 4.87. The highest BCUT2D eigenvalue weighted by atomic mass is 16.5. The number of para-hydroxylation sites is 2. The maximum absolute atomic E-state index is 5.63. The summed E-state index contributed by atoms with van der Waals surface area (Å²) in [4.78, 5) is 4.58. The number of anilines is 4. The number of hydrogen-bond donors (Lipinski definition) is 0. The molecule has 4 aromatic carbocycles. The van der Waals surface area contributed by atoms with Gasteiger partial charge in [-0.15, -0.1) is 0 Å². The van der Waals surface area contributed by atoms with E-state index in [1.165, 1.54) is 28.3 Å². The monoisotopic (exact) mass is 436 g/mol. The third kappa shape index (κ3) is 3.39. The van der Waals surface area contributed by atoms with Crippen LogP contribution in [0.2, 0.25) is 0 Å². The van der Waals surface area contributed by atoms with Crippen molar-refractivity contribution >= 4 is 22.7 Å². The fraction of sp³-hybridized carbons (Fsp3) is 0.172. The molecule has 1 heterocycles. The number of nitrogens with zero attached hydrogens (tertiary/aromatic N) is 2. The number of methoxy groups -OCH3 is 2. The van der Waals surface area contributed by atoms with E-state index >= 15 is 0 Å². The molecule has 0 N–H and O–H groups in total. The zero-order valence-corrected chi connectivity index (χ0v) is 19.7. The Labute approximate surface area is 195 Å². The van der Waals surface area contributed by atoms with E-state index in [0.717, 1.165) is 33.8 Å². The van der Waals surface area contributed by atoms with Gasteiger partial charge >= 0.3 is 0 Å². The van der Waals surface area contributed by atoms with E-state index in [0.29, 0.717) is 0 Å². The highest BCUT2D eigenvalue weighted by Crippen LogP contribution is 2.51. The summed E-state index contributed by atoms with van der Waals surface area (Å²) in [7, 11) is 7.72. The van der Waals surface area contributed by atoms with E-state index in [1.807, 2.05) is 30.3 Å². The number of aryl methyl sites for hydroxylation is 1. The molecule has 0 fully saturated rings. The maximum Gasteiger partial charge on any atom is 0.126 e. The van der Waals surface area contributed by atoms with Crippen molar-refractivity contribution < 1.29 is 9.47 Å². The molecule has 0 spiro atoms. The summed E-state index contributed by atoms with van der Waals surface area (Å²) in [6.07, 6.45) is 0. The Balaban J connectivity index is 1.63. The van der Waals surface area contributed by atoms with Gasteiger partial charge in [-0.3, -0.25) is 0 Å². The van der Waals surface area contributed by atoms with Crippen LogP contribution in [0.5, 0.6) is 11.5 Å². The van der Waals surface area contributed by atoms with Crippen LogP contribution in [-0.2, 0) is 0 Å². The molecule has 4 nitrogen and oxygen atoms in total. The molecular formula is C29H28N2O2. The fourth-order valence-electron chi connectivity index (χ4n) is 4.87. The molecule has 0 amide bonds. The molecule has 0 aliphatic carbocycles. The second-order valence-corrected chi connectivity index (χ2v) is 8.38. The number of benzene rings is 4. The van der Waals surface area contributed by atoms with Crippen molar-refractivity contribution in [2.45, 2.75) is 6.92 Å². The summed E-state index contributed by atoms with van der Waals surface area (Å²) in [5.74, 6) is 1.76. The minimum absolute atomic E-state index is 0.877. The Bertz CT molecular complexity index is 1350. The van der Waals surface area contributed by atoms with Gasteiger partial charge in [-0.05, 0) is 60.0 Å². The van der Waals surface area contributed by atoms with E-state index < -0.39 is 0 Å². The van der Waals surface area contributed by atoms with Crippen molar-refractivity contribution in [3.63, 3.8) is 0 Å². The van der Waals surface area contributed by atoms with E-state index in [-0.39, 0.29) is 0 Å². The van der Waals surface area contributed by atoms with Gasteiger partial charge in [0.05, 0.1) is 37.0 Å². The summed E-state index contributed by atoms with van der Waals surface area (Å²) in [6, 6.07) is 27.4. The predicted molar refractivity (Wildman–Crippen MR) is 138 cm³/mol. The van der Waals surface area contributed by atoms with Crippen LogP contribution in [0.15, 0.2) is 78.9 Å². The molecule has 0 saturated carbocycles. The van der Waals surface area contributed by atoms with Crippen molar-refractivity contribution in [2.24, 2.45) is 0 Å². The Morgan fingerprint density at radius 1 is 0.576 bits per heavy atom. The number of fused-ring (bicyclic) bond motifs is 2. The van der Waals surface area contributed by atoms with E-state index in [4.69, 9.17) is 9.47 Å². The molecule has 1 aliphatic heterocycles. The van der Waals surface area contributed by atoms with Gasteiger partial charge in [0.1, 0.15) is 11.5 Å². The molecule has 166 valence electrons. The van der Waals surface area contributed by atoms with Gasteiger partial charge in [-0.2, -0.15) is 0 Å². The van der Waals surface area contributed by atoms with E-state index in [9.17, 15) is 0 Å². The van der Waals surface area contributed by atoms with Crippen LogP contribution in [0, 0.1) is 6.92 Å². The minimum Gasteiger partial charge on any atom is -0.496 e. The van der Waals surface area contributed by atoms with Gasteiger partial charge in [0, 0.05) is 25.2 Å². The summed E-state index contributed by atoms with van der Waals surface area (Å²) in [6.45, 7) is 2.18. The molecule has 0 aromatic heterocycles. The van der Waals surface area contributed by atoms with Crippen molar-refractivity contribution in [3.8, 4) is 33.8 Å². The first-order valence-electron chi connectivity index (χ1n) is 11.1. The minimum atomic E-state index is 0.877. The number of ether oxygens (including phenoxy) is 2. The van der Waals surface area contributed by atoms with Crippen LogP contribution >= 0.6 is 0 Å². The molecule has 0 radical (unpaired) electrons. The second-order valence-electron chi connectivity index (χ2n) is 8.38.